The van der Waals surface area contributed by atoms with Crippen LogP contribution in [-0.2, 0) is 0 Å². The van der Waals surface area contributed by atoms with Crippen LogP contribution >= 0.6 is 0 Å². The summed E-state index contributed by atoms with van der Waals surface area (Å²) in [5, 5.41) is 0. The van der Waals surface area contributed by atoms with Gasteiger partial charge in [-0.15, -0.1) is 0 Å². The van der Waals surface area contributed by atoms with Gasteiger partial charge >= 0.3 is 17.6 Å². The predicted molar refractivity (Wildman–Crippen MR) is 26.1 cm³/mol. The number of hydrogen-bond acceptors (Lipinski definition) is 1. The fraction of sp³-hybridized carbons (Fsp3) is 1.00. The molecule has 0 amide bonds. The van der Waals surface area contributed by atoms with Gasteiger partial charge in [-0.25, -0.2) is 0 Å². The van der Waals surface area contributed by atoms with Crippen molar-refractivity contribution < 1.29 is 0 Å². The Morgan fingerprint density at radius 2 is 1.75 bits per heavy atom. The van der Waals surface area contributed by atoms with Crippen LogP contribution in [0.1, 0.15) is 6.92 Å². The predicted octanol–water partition coefficient (Wildman–Crippen LogP) is -1.49. The zero-order chi connectivity index (χ0) is 2.71. The van der Waals surface area contributed by atoms with Gasteiger partial charge in [-0.3, -0.25) is 0 Å². The summed E-state index contributed by atoms with van der Waals surface area (Å²) in [4.78, 5) is 0. The van der Waals surface area contributed by atoms with E-state index in [2.05, 4.69) is 0 Å². The van der Waals surface area contributed by atoms with Crippen molar-refractivity contribution in [2.24, 2.45) is 5.73 Å². The van der Waals surface area contributed by atoms with Crippen LogP contribution in [0.5, 0.6) is 0 Å². The van der Waals surface area contributed by atoms with Crippen molar-refractivity contribution in [3.05, 3.63) is 0 Å². The molecule has 0 fully saturated rings. The van der Waals surface area contributed by atoms with Crippen LogP contribution in [0.4, 0.5) is 0 Å². The molecule has 0 aliphatic rings. The summed E-state index contributed by atoms with van der Waals surface area (Å²) in [6.07, 6.45) is 0. The molecule has 0 radical (unpaired) electrons. The van der Waals surface area contributed by atoms with E-state index in [1.807, 2.05) is 6.92 Å². The maximum absolute atomic E-state index is 4.85. The van der Waals surface area contributed by atoms with Crippen LogP contribution in [0.3, 0.4) is 0 Å². The SMILES string of the molecule is CCN.[GeH4]. The van der Waals surface area contributed by atoms with Gasteiger partial charge < -0.3 is 5.73 Å². The molecule has 0 rings (SSSR count). The van der Waals surface area contributed by atoms with Gasteiger partial charge in [0.2, 0.25) is 0 Å². The van der Waals surface area contributed by atoms with Crippen molar-refractivity contribution in [2.75, 3.05) is 6.54 Å². The van der Waals surface area contributed by atoms with Gasteiger partial charge in [-0.2, -0.15) is 0 Å². The van der Waals surface area contributed by atoms with E-state index in [1.54, 1.807) is 0 Å². The normalized spacial score (nSPS) is 4.50. The van der Waals surface area contributed by atoms with Gasteiger partial charge in [0, 0.05) is 0 Å². The van der Waals surface area contributed by atoms with E-state index in [9.17, 15) is 0 Å². The molecule has 28 valence electrons. The fourth-order valence-corrected chi connectivity index (χ4v) is 0. The molecule has 0 saturated carbocycles. The van der Waals surface area contributed by atoms with E-state index in [0.29, 0.717) is 0 Å². The summed E-state index contributed by atoms with van der Waals surface area (Å²) >= 11 is 0. The Labute approximate surface area is 37.5 Å². The summed E-state index contributed by atoms with van der Waals surface area (Å²) in [5.74, 6) is 0. The zero-order valence-electron chi connectivity index (χ0n) is 2.28. The van der Waals surface area contributed by atoms with Gasteiger partial charge in [0.25, 0.3) is 0 Å². The van der Waals surface area contributed by atoms with Gasteiger partial charge in [0.05, 0.1) is 0 Å². The van der Waals surface area contributed by atoms with Crippen molar-refractivity contribution in [1.29, 1.82) is 0 Å². The summed E-state index contributed by atoms with van der Waals surface area (Å²) < 4.78 is 0. The van der Waals surface area contributed by atoms with E-state index in [-0.39, 0.29) is 17.6 Å². The number of hydrogen-bond donors (Lipinski definition) is 1. The van der Waals surface area contributed by atoms with Crippen LogP contribution < -0.4 is 5.73 Å². The Bertz CT molecular complexity index is 6.00. The monoisotopic (exact) mass is 123 g/mol. The molecule has 0 aliphatic carbocycles. The molecule has 0 saturated heterocycles. The van der Waals surface area contributed by atoms with E-state index >= 15 is 0 Å². The van der Waals surface area contributed by atoms with Crippen LogP contribution in [0.15, 0.2) is 0 Å². The summed E-state index contributed by atoms with van der Waals surface area (Å²) in [6, 6.07) is 0. The third kappa shape index (κ3) is 22.4. The van der Waals surface area contributed by atoms with Crippen LogP contribution in [0.25, 0.3) is 0 Å². The molecule has 2 N–H and O–H groups in total. The first-order valence-electron chi connectivity index (χ1n) is 1.12. The first-order chi connectivity index (χ1) is 1.41. The molecule has 0 atom stereocenters. The molecule has 0 heterocycles. The third-order valence-electron chi connectivity index (χ3n) is 0. The molecule has 4 heavy (non-hydrogen) atoms. The van der Waals surface area contributed by atoms with Crippen molar-refractivity contribution in [2.45, 2.75) is 6.92 Å². The average molecular weight is 122 g/mol. The molecular formula is C2H11GeN. The maximum atomic E-state index is 4.85. The Morgan fingerprint density at radius 1 is 1.75 bits per heavy atom. The number of nitrogens with two attached hydrogens (primary N) is 1. The van der Waals surface area contributed by atoms with Gasteiger partial charge in [0.1, 0.15) is 0 Å². The van der Waals surface area contributed by atoms with E-state index < -0.39 is 0 Å². The first-order valence-corrected chi connectivity index (χ1v) is 1.12. The van der Waals surface area contributed by atoms with Crippen molar-refractivity contribution in [3.8, 4) is 0 Å². The second kappa shape index (κ2) is 9.72. The third-order valence-corrected chi connectivity index (χ3v) is 0. The Kier molecular flexibility index (Phi) is 21.4. The van der Waals surface area contributed by atoms with Crippen LogP contribution in [0, 0.1) is 0 Å². The summed E-state index contributed by atoms with van der Waals surface area (Å²) in [5.41, 5.74) is 4.85. The topological polar surface area (TPSA) is 26.0 Å². The van der Waals surface area contributed by atoms with Gasteiger partial charge in [-0.1, -0.05) is 6.92 Å². The average Bonchev–Trinajstić information content (AvgIpc) is 0.918. The molecule has 0 aromatic carbocycles. The van der Waals surface area contributed by atoms with Crippen LogP contribution in [-0.4, -0.2) is 24.1 Å². The minimum atomic E-state index is 0. The molecule has 2 heteroatoms. The quantitative estimate of drug-likeness (QED) is 0.389. The van der Waals surface area contributed by atoms with Crippen molar-refractivity contribution in [3.63, 3.8) is 0 Å². The van der Waals surface area contributed by atoms with Gasteiger partial charge in [0.15, 0.2) is 0 Å². The van der Waals surface area contributed by atoms with Crippen molar-refractivity contribution in [1.82, 2.24) is 0 Å². The van der Waals surface area contributed by atoms with Gasteiger partial charge in [-0.05, 0) is 6.54 Å². The Morgan fingerprint density at radius 3 is 1.75 bits per heavy atom. The zero-order valence-corrected chi connectivity index (χ0v) is 2.28. The van der Waals surface area contributed by atoms with E-state index in [4.69, 9.17) is 5.73 Å². The summed E-state index contributed by atoms with van der Waals surface area (Å²) in [7, 11) is 0. The van der Waals surface area contributed by atoms with E-state index in [1.165, 1.54) is 0 Å². The standard InChI is InChI=1S/C2H7N.GeH4/c1-2-3;/h2-3H2,1H3;1H4. The molecule has 0 unspecified atom stereocenters. The number of rotatable bonds is 0. The molecule has 1 nitrogen and oxygen atoms in total. The van der Waals surface area contributed by atoms with Crippen LogP contribution in [0.2, 0.25) is 0 Å². The summed E-state index contributed by atoms with van der Waals surface area (Å²) in [6.45, 7) is 2.65. The van der Waals surface area contributed by atoms with Crippen molar-refractivity contribution >= 4 is 17.6 Å². The second-order valence-electron chi connectivity index (χ2n) is 0.408. The first kappa shape index (κ1) is 8.82. The molecule has 0 aromatic rings. The minimum absolute atomic E-state index is 0. The fourth-order valence-electron chi connectivity index (χ4n) is 0. The second-order valence-corrected chi connectivity index (χ2v) is 0.408. The Hall–Kier alpha value is 0.503. The Balaban J connectivity index is 0. The molecule has 0 aliphatic heterocycles. The molecule has 0 spiro atoms. The molecular weight excluding hydrogens is 111 g/mol. The molecule has 0 bridgehead atoms. The van der Waals surface area contributed by atoms with E-state index in [0.717, 1.165) is 6.54 Å². The molecule has 0 aromatic heterocycles.